The number of nitrogens with one attached hydrogen (secondary N) is 1. The van der Waals surface area contributed by atoms with E-state index in [0.717, 1.165) is 55.4 Å². The van der Waals surface area contributed by atoms with E-state index in [1.807, 2.05) is 38.1 Å². The van der Waals surface area contributed by atoms with Crippen LogP contribution < -0.4 is 10.1 Å². The van der Waals surface area contributed by atoms with Crippen LogP contribution in [0.5, 0.6) is 5.75 Å². The molecule has 0 unspecified atom stereocenters. The van der Waals surface area contributed by atoms with Crippen molar-refractivity contribution in [2.75, 3.05) is 44.8 Å². The third-order valence-electron chi connectivity index (χ3n) is 4.75. The largest absolute Gasteiger partial charge is 0.492 e. The molecule has 1 N–H and O–H groups in total. The predicted octanol–water partition coefficient (Wildman–Crippen LogP) is 2.29. The summed E-state index contributed by atoms with van der Waals surface area (Å²) in [5.41, 5.74) is 3.17. The van der Waals surface area contributed by atoms with E-state index >= 15 is 0 Å². The Bertz CT molecular complexity index is 813. The van der Waals surface area contributed by atoms with Crippen molar-refractivity contribution in [2.45, 2.75) is 20.4 Å². The first-order chi connectivity index (χ1) is 13.2. The molecule has 3 rings (SSSR count). The van der Waals surface area contributed by atoms with Crippen LogP contribution in [0.15, 0.2) is 24.3 Å². The Morgan fingerprint density at radius 1 is 1.22 bits per heavy atom. The number of aromatic nitrogens is 2. The highest BCUT2D eigenvalue weighted by Crippen LogP contribution is 2.22. The highest BCUT2D eigenvalue weighted by molar-refractivity contribution is 5.56. The Balaban J connectivity index is 1.61. The third-order valence-corrected chi connectivity index (χ3v) is 4.75. The van der Waals surface area contributed by atoms with Crippen molar-refractivity contribution in [2.24, 2.45) is 0 Å². The molecule has 0 aliphatic carbocycles. The van der Waals surface area contributed by atoms with Gasteiger partial charge in [0, 0.05) is 31.7 Å². The Morgan fingerprint density at radius 2 is 2.00 bits per heavy atom. The van der Waals surface area contributed by atoms with Gasteiger partial charge < -0.3 is 14.8 Å². The molecular formula is C20H25N5O2. The van der Waals surface area contributed by atoms with Gasteiger partial charge in [-0.15, -0.1) is 5.10 Å². The number of ether oxygens (including phenoxy) is 2. The van der Waals surface area contributed by atoms with Crippen molar-refractivity contribution < 1.29 is 9.47 Å². The number of hydrogen-bond acceptors (Lipinski definition) is 7. The van der Waals surface area contributed by atoms with E-state index in [1.165, 1.54) is 0 Å². The normalized spacial score (nSPS) is 14.6. The average molecular weight is 367 g/mol. The molecule has 1 saturated heterocycles. The monoisotopic (exact) mass is 367 g/mol. The number of morpholine rings is 1. The summed E-state index contributed by atoms with van der Waals surface area (Å²) < 4.78 is 11.4. The predicted molar refractivity (Wildman–Crippen MR) is 103 cm³/mol. The van der Waals surface area contributed by atoms with Gasteiger partial charge in [0.15, 0.2) is 5.82 Å². The highest BCUT2D eigenvalue weighted by Gasteiger charge is 2.13. The summed E-state index contributed by atoms with van der Waals surface area (Å²) in [6.45, 7) is 9.25. The lowest BCUT2D eigenvalue weighted by atomic mass is 10.1. The van der Waals surface area contributed by atoms with Crippen molar-refractivity contribution in [1.29, 1.82) is 5.26 Å². The summed E-state index contributed by atoms with van der Waals surface area (Å²) in [6.07, 6.45) is 0. The summed E-state index contributed by atoms with van der Waals surface area (Å²) in [5, 5.41) is 20.9. The smallest absolute Gasteiger partial charge is 0.167 e. The maximum absolute atomic E-state index is 9.42. The van der Waals surface area contributed by atoms with Gasteiger partial charge in [0.05, 0.1) is 18.9 Å². The third kappa shape index (κ3) is 4.94. The van der Waals surface area contributed by atoms with Crippen LogP contribution in [0.25, 0.3) is 0 Å². The molecule has 2 heterocycles. The van der Waals surface area contributed by atoms with Gasteiger partial charge in [-0.1, -0.05) is 18.2 Å². The van der Waals surface area contributed by atoms with Crippen LogP contribution in [0.2, 0.25) is 0 Å². The minimum absolute atomic E-state index is 0.503. The molecule has 0 saturated carbocycles. The van der Waals surface area contributed by atoms with E-state index in [0.29, 0.717) is 24.5 Å². The van der Waals surface area contributed by atoms with Gasteiger partial charge in [0.25, 0.3) is 0 Å². The molecule has 0 amide bonds. The molecule has 2 aromatic rings. The second-order valence-corrected chi connectivity index (χ2v) is 6.51. The molecule has 1 aromatic carbocycles. The summed E-state index contributed by atoms with van der Waals surface area (Å²) in [4.78, 5) is 2.34. The summed E-state index contributed by atoms with van der Waals surface area (Å²) >= 11 is 0. The topological polar surface area (TPSA) is 83.3 Å². The Kier molecular flexibility index (Phi) is 6.58. The fourth-order valence-electron chi connectivity index (χ4n) is 2.95. The van der Waals surface area contributed by atoms with Gasteiger partial charge in [-0.25, -0.2) is 0 Å². The van der Waals surface area contributed by atoms with E-state index < -0.39 is 0 Å². The van der Waals surface area contributed by atoms with E-state index in [2.05, 4.69) is 26.5 Å². The van der Waals surface area contributed by atoms with E-state index in [-0.39, 0.29) is 0 Å². The van der Waals surface area contributed by atoms with Gasteiger partial charge >= 0.3 is 0 Å². The number of nitriles is 1. The summed E-state index contributed by atoms with van der Waals surface area (Å²) in [6, 6.07) is 10.1. The van der Waals surface area contributed by atoms with Crippen molar-refractivity contribution in [3.05, 3.63) is 46.6 Å². The summed E-state index contributed by atoms with van der Waals surface area (Å²) in [5.74, 6) is 1.34. The Hall–Kier alpha value is -2.69. The standard InChI is InChI=1S/C20H25N5O2/c1-15-16(2)23-24-20(18(15)13-21)22-14-17-5-3-4-6-19(17)27-12-9-25-7-10-26-11-8-25/h3-6H,7-12,14H2,1-2H3,(H,22,24). The first-order valence-corrected chi connectivity index (χ1v) is 9.17. The zero-order valence-corrected chi connectivity index (χ0v) is 15.9. The number of nitrogens with zero attached hydrogens (tertiary/aromatic N) is 4. The quantitative estimate of drug-likeness (QED) is 0.804. The lowest BCUT2D eigenvalue weighted by Crippen LogP contribution is -2.38. The molecule has 1 aromatic heterocycles. The van der Waals surface area contributed by atoms with Crippen molar-refractivity contribution in [3.63, 3.8) is 0 Å². The number of hydrogen-bond donors (Lipinski definition) is 1. The molecule has 7 heteroatoms. The number of rotatable bonds is 7. The fourth-order valence-corrected chi connectivity index (χ4v) is 2.95. The molecule has 142 valence electrons. The zero-order valence-electron chi connectivity index (χ0n) is 15.9. The van der Waals surface area contributed by atoms with E-state index in [9.17, 15) is 5.26 Å². The Labute approximate surface area is 159 Å². The van der Waals surface area contributed by atoms with Crippen LogP contribution in [-0.4, -0.2) is 54.6 Å². The fraction of sp³-hybridized carbons (Fsp3) is 0.450. The molecule has 1 fully saturated rings. The first-order valence-electron chi connectivity index (χ1n) is 9.17. The summed E-state index contributed by atoms with van der Waals surface area (Å²) in [7, 11) is 0. The lowest BCUT2D eigenvalue weighted by Gasteiger charge is -2.26. The zero-order chi connectivity index (χ0) is 19.1. The van der Waals surface area contributed by atoms with Gasteiger partial charge in [-0.3, -0.25) is 4.90 Å². The van der Waals surface area contributed by atoms with Crippen LogP contribution in [0.4, 0.5) is 5.82 Å². The number of anilines is 1. The minimum atomic E-state index is 0.503. The molecule has 0 spiro atoms. The van der Waals surface area contributed by atoms with E-state index in [1.54, 1.807) is 0 Å². The van der Waals surface area contributed by atoms with Crippen molar-refractivity contribution in [1.82, 2.24) is 15.1 Å². The van der Waals surface area contributed by atoms with Gasteiger partial charge in [-0.2, -0.15) is 10.4 Å². The second-order valence-electron chi connectivity index (χ2n) is 6.51. The SMILES string of the molecule is Cc1nnc(NCc2ccccc2OCCN2CCOCC2)c(C#N)c1C. The first kappa shape index (κ1) is 19.1. The molecule has 0 radical (unpaired) electrons. The van der Waals surface area contributed by atoms with Crippen molar-refractivity contribution >= 4 is 5.82 Å². The van der Waals surface area contributed by atoms with Crippen LogP contribution in [0, 0.1) is 25.2 Å². The molecular weight excluding hydrogens is 342 g/mol. The molecule has 7 nitrogen and oxygen atoms in total. The van der Waals surface area contributed by atoms with Gasteiger partial charge in [0.2, 0.25) is 0 Å². The lowest BCUT2D eigenvalue weighted by molar-refractivity contribution is 0.0322. The van der Waals surface area contributed by atoms with Gasteiger partial charge in [0.1, 0.15) is 24.0 Å². The van der Waals surface area contributed by atoms with Crippen LogP contribution >= 0.6 is 0 Å². The number of para-hydroxylation sites is 1. The molecule has 1 aliphatic rings. The van der Waals surface area contributed by atoms with E-state index in [4.69, 9.17) is 9.47 Å². The maximum atomic E-state index is 9.42. The molecule has 1 aliphatic heterocycles. The van der Waals surface area contributed by atoms with Crippen LogP contribution in [-0.2, 0) is 11.3 Å². The van der Waals surface area contributed by atoms with Crippen molar-refractivity contribution in [3.8, 4) is 11.8 Å². The Morgan fingerprint density at radius 3 is 2.78 bits per heavy atom. The number of benzene rings is 1. The minimum Gasteiger partial charge on any atom is -0.492 e. The average Bonchev–Trinajstić information content (AvgIpc) is 2.70. The number of aryl methyl sites for hydroxylation is 1. The molecule has 0 bridgehead atoms. The molecule has 27 heavy (non-hydrogen) atoms. The highest BCUT2D eigenvalue weighted by atomic mass is 16.5. The van der Waals surface area contributed by atoms with Crippen LogP contribution in [0.1, 0.15) is 22.4 Å². The second kappa shape index (κ2) is 9.31. The van der Waals surface area contributed by atoms with Gasteiger partial charge in [-0.05, 0) is 25.5 Å². The molecule has 0 atom stereocenters. The maximum Gasteiger partial charge on any atom is 0.167 e. The van der Waals surface area contributed by atoms with Crippen LogP contribution in [0.3, 0.4) is 0 Å².